The van der Waals surface area contributed by atoms with Gasteiger partial charge in [0.1, 0.15) is 0 Å². The molecular weight excluding hydrogens is 502 g/mol. The zero-order valence-corrected chi connectivity index (χ0v) is 25.7. The van der Waals surface area contributed by atoms with E-state index in [-0.39, 0.29) is 5.41 Å². The number of hydrogen-bond donors (Lipinski definition) is 1. The van der Waals surface area contributed by atoms with Gasteiger partial charge in [0.25, 0.3) is 0 Å². The van der Waals surface area contributed by atoms with Gasteiger partial charge in [-0.2, -0.15) is 9.78 Å². The first-order valence-electron chi connectivity index (χ1n) is 13.8. The average Bonchev–Trinajstić information content (AvgIpc) is 3.24. The van der Waals surface area contributed by atoms with Crippen LogP contribution < -0.4 is 5.73 Å². The van der Waals surface area contributed by atoms with Gasteiger partial charge in [-0.05, 0) is 85.9 Å². The number of terminal acetylenes is 2. The number of nitrogens with zero attached hydrogens (tertiary/aromatic N) is 3. The maximum atomic E-state index is 15.0. The fourth-order valence-electron chi connectivity index (χ4n) is 4.42. The molecular formula is C34H48F2N4. The highest BCUT2D eigenvalue weighted by atomic mass is 19.2. The summed E-state index contributed by atoms with van der Waals surface area (Å²) in [5.41, 5.74) is 10.5. The lowest BCUT2D eigenvalue weighted by Crippen LogP contribution is -2.18. The second-order valence-corrected chi connectivity index (χ2v) is 10.1. The van der Waals surface area contributed by atoms with Gasteiger partial charge in [-0.3, -0.25) is 0 Å². The van der Waals surface area contributed by atoms with Gasteiger partial charge in [-0.15, -0.1) is 12.8 Å². The predicted octanol–water partition coefficient (Wildman–Crippen LogP) is 7.66. The molecule has 3 rings (SSSR count). The lowest BCUT2D eigenvalue weighted by Gasteiger charge is -2.25. The molecule has 1 aromatic carbocycles. The molecule has 0 saturated heterocycles. The predicted molar refractivity (Wildman–Crippen MR) is 167 cm³/mol. The van der Waals surface area contributed by atoms with Crippen LogP contribution in [0.1, 0.15) is 82.5 Å². The maximum Gasteiger partial charge on any atom is 0.162 e. The fraction of sp³-hybridized carbons (Fsp3) is 0.441. The summed E-state index contributed by atoms with van der Waals surface area (Å²) >= 11 is 0. The van der Waals surface area contributed by atoms with Crippen LogP contribution in [0.4, 0.5) is 8.78 Å². The summed E-state index contributed by atoms with van der Waals surface area (Å²) in [5.74, 6) is -1.59. The van der Waals surface area contributed by atoms with E-state index in [1.165, 1.54) is 13.1 Å². The molecule has 1 aliphatic rings. The van der Waals surface area contributed by atoms with Gasteiger partial charge in [0.05, 0.1) is 11.4 Å². The Morgan fingerprint density at radius 1 is 1.05 bits per heavy atom. The summed E-state index contributed by atoms with van der Waals surface area (Å²) in [6, 6.07) is 5.49. The van der Waals surface area contributed by atoms with Crippen molar-refractivity contribution in [2.75, 3.05) is 13.6 Å². The first-order valence-corrected chi connectivity index (χ1v) is 13.8. The van der Waals surface area contributed by atoms with Crippen molar-refractivity contribution in [1.29, 1.82) is 0 Å². The molecule has 0 atom stereocenters. The molecule has 0 saturated carbocycles. The Bertz CT molecular complexity index is 1220. The maximum absolute atomic E-state index is 15.0. The molecule has 2 N–H and O–H groups in total. The van der Waals surface area contributed by atoms with E-state index in [1.807, 2.05) is 39.1 Å². The van der Waals surface area contributed by atoms with Crippen LogP contribution in [0.3, 0.4) is 0 Å². The average molecular weight is 551 g/mol. The zero-order chi connectivity index (χ0) is 31.0. The van der Waals surface area contributed by atoms with Crippen LogP contribution in [0.25, 0.3) is 5.57 Å². The van der Waals surface area contributed by atoms with Gasteiger partial charge >= 0.3 is 0 Å². The van der Waals surface area contributed by atoms with E-state index in [1.54, 1.807) is 10.7 Å². The van der Waals surface area contributed by atoms with Crippen LogP contribution >= 0.6 is 0 Å². The van der Waals surface area contributed by atoms with Crippen LogP contribution in [0.5, 0.6) is 0 Å². The summed E-state index contributed by atoms with van der Waals surface area (Å²) in [5, 5.41) is 4.61. The van der Waals surface area contributed by atoms with Crippen LogP contribution in [0.15, 0.2) is 42.8 Å². The second-order valence-electron chi connectivity index (χ2n) is 10.1. The molecule has 2 heterocycles. The van der Waals surface area contributed by atoms with E-state index < -0.39 is 11.6 Å². The molecule has 0 spiro atoms. The monoisotopic (exact) mass is 550 g/mol. The minimum Gasteiger partial charge on any atom is -0.348 e. The van der Waals surface area contributed by atoms with Crippen LogP contribution in [-0.2, 0) is 19.3 Å². The Hall–Kier alpha value is -3.61. The van der Waals surface area contributed by atoms with E-state index >= 15 is 4.39 Å². The first kappa shape index (κ1) is 36.4. The van der Waals surface area contributed by atoms with Crippen LogP contribution in [0, 0.1) is 49.3 Å². The summed E-state index contributed by atoms with van der Waals surface area (Å²) in [6.07, 6.45) is 23.0. The van der Waals surface area contributed by atoms with Crippen molar-refractivity contribution in [2.45, 2.75) is 80.6 Å². The summed E-state index contributed by atoms with van der Waals surface area (Å²) in [4.78, 5) is 2.05. The number of benzene rings is 1. The third-order valence-corrected chi connectivity index (χ3v) is 6.09. The number of halogens is 2. The van der Waals surface area contributed by atoms with Crippen LogP contribution in [0.2, 0.25) is 0 Å². The Balaban J connectivity index is 0.00000237. The minimum atomic E-state index is -0.821. The molecule has 4 nitrogen and oxygen atoms in total. The molecule has 6 heteroatoms. The highest BCUT2D eigenvalue weighted by Crippen LogP contribution is 2.31. The third kappa shape index (κ3) is 9.85. The van der Waals surface area contributed by atoms with Gasteiger partial charge in [-0.25, -0.2) is 8.78 Å². The minimum absolute atomic E-state index is 0.0605. The molecule has 40 heavy (non-hydrogen) atoms. The van der Waals surface area contributed by atoms with Gasteiger partial charge < -0.3 is 10.6 Å². The lowest BCUT2D eigenvalue weighted by molar-refractivity contribution is 0.404. The van der Waals surface area contributed by atoms with Gasteiger partial charge in [0.2, 0.25) is 0 Å². The second kappa shape index (κ2) is 17.9. The van der Waals surface area contributed by atoms with E-state index in [4.69, 9.17) is 6.42 Å². The molecule has 2 aromatic rings. The van der Waals surface area contributed by atoms with Crippen molar-refractivity contribution in [3.8, 4) is 25.3 Å². The van der Waals surface area contributed by atoms with Crippen molar-refractivity contribution in [3.63, 3.8) is 0 Å². The third-order valence-electron chi connectivity index (χ3n) is 6.09. The van der Waals surface area contributed by atoms with Crippen molar-refractivity contribution < 1.29 is 8.78 Å². The molecule has 1 aromatic heterocycles. The summed E-state index contributed by atoms with van der Waals surface area (Å²) in [7, 11) is 1.50. The molecule has 0 unspecified atom stereocenters. The summed E-state index contributed by atoms with van der Waals surface area (Å²) < 4.78 is 30.8. The quantitative estimate of drug-likeness (QED) is 0.343. The SMILES string of the molecule is C#C.C#Cn1nc(CC(C)(C)C)c(CCCc2c(C3=CN(CCC)C(=C)C=C3)ccc(F)c2F)c1C.CC.CN. The molecule has 1 aliphatic heterocycles. The van der Waals surface area contributed by atoms with E-state index in [9.17, 15) is 4.39 Å². The molecule has 0 amide bonds. The normalized spacial score (nSPS) is 12.2. The Morgan fingerprint density at radius 2 is 1.65 bits per heavy atom. The van der Waals surface area contributed by atoms with Crippen molar-refractivity contribution in [2.24, 2.45) is 11.1 Å². The first-order chi connectivity index (χ1) is 19.1. The van der Waals surface area contributed by atoms with Crippen molar-refractivity contribution >= 4 is 5.57 Å². The largest absolute Gasteiger partial charge is 0.348 e. The molecule has 0 bridgehead atoms. The van der Waals surface area contributed by atoms with Gasteiger partial charge in [-0.1, -0.05) is 66.7 Å². The van der Waals surface area contributed by atoms with Gasteiger partial charge in [0, 0.05) is 24.5 Å². The van der Waals surface area contributed by atoms with Crippen molar-refractivity contribution in [3.05, 3.63) is 82.5 Å². The standard InChI is InChI=1S/C29H35F2N3.C2H6.C2H2.CH5N/c1-8-17-33-19-22(14-13-20(33)3)24-15-16-26(30)28(31)25(24)12-10-11-23-21(4)34(9-2)32-27(23)18-29(5,6)7;3*1-2/h2,13-16,19H,3,8,10-12,17-18H2,1,4-7H3;1-2H3;1-2H;2H2,1H3. The number of rotatable bonds is 8. The van der Waals surface area contributed by atoms with Crippen molar-refractivity contribution in [1.82, 2.24) is 14.7 Å². The molecule has 0 aliphatic carbocycles. The zero-order valence-electron chi connectivity index (χ0n) is 25.7. The Morgan fingerprint density at radius 3 is 2.20 bits per heavy atom. The Kier molecular flexibility index (Phi) is 16.3. The number of allylic oxidation sites excluding steroid dienone is 3. The summed E-state index contributed by atoms with van der Waals surface area (Å²) in [6.45, 7) is 19.4. The molecule has 0 fully saturated rings. The van der Waals surface area contributed by atoms with E-state index in [0.29, 0.717) is 24.8 Å². The Labute approximate surface area is 242 Å². The number of aromatic nitrogens is 2. The molecule has 0 radical (unpaired) electrons. The van der Waals surface area contributed by atoms with E-state index in [2.05, 4.69) is 68.9 Å². The highest BCUT2D eigenvalue weighted by Gasteiger charge is 2.22. The molecule has 218 valence electrons. The fourth-order valence-corrected chi connectivity index (χ4v) is 4.42. The topological polar surface area (TPSA) is 47.1 Å². The van der Waals surface area contributed by atoms with E-state index in [0.717, 1.165) is 53.2 Å². The lowest BCUT2D eigenvalue weighted by atomic mass is 9.88. The number of nitrogens with two attached hydrogens (primary N) is 1. The highest BCUT2D eigenvalue weighted by molar-refractivity contribution is 5.78. The number of hydrogen-bond acceptors (Lipinski definition) is 3. The van der Waals surface area contributed by atoms with Crippen LogP contribution in [-0.4, -0.2) is 28.3 Å². The smallest absolute Gasteiger partial charge is 0.162 e. The van der Waals surface area contributed by atoms with Gasteiger partial charge in [0.15, 0.2) is 11.6 Å².